The lowest BCUT2D eigenvalue weighted by atomic mass is 9.87. The Labute approximate surface area is 121 Å². The van der Waals surface area contributed by atoms with Gasteiger partial charge in [-0.15, -0.1) is 0 Å². The number of hydrogen-bond donors (Lipinski definition) is 1. The van der Waals surface area contributed by atoms with Crippen molar-refractivity contribution < 1.29 is 0 Å². The molecule has 20 heavy (non-hydrogen) atoms. The zero-order chi connectivity index (χ0) is 14.9. The van der Waals surface area contributed by atoms with Crippen LogP contribution in [0.2, 0.25) is 0 Å². The highest BCUT2D eigenvalue weighted by Gasteiger charge is 2.14. The molecular formula is C17H23N3. The highest BCUT2D eigenvalue weighted by Crippen LogP contribution is 2.27. The van der Waals surface area contributed by atoms with Crippen LogP contribution in [0, 0.1) is 6.92 Å². The molecule has 0 saturated carbocycles. The minimum absolute atomic E-state index is 0.174. The molecule has 0 amide bonds. The van der Waals surface area contributed by atoms with Crippen LogP contribution in [-0.4, -0.2) is 12.0 Å². The van der Waals surface area contributed by atoms with Crippen LogP contribution >= 0.6 is 0 Å². The van der Waals surface area contributed by atoms with Gasteiger partial charge in [-0.2, -0.15) is 0 Å². The first-order valence-electron chi connectivity index (χ1n) is 6.86. The summed E-state index contributed by atoms with van der Waals surface area (Å²) in [6, 6.07) is 12.5. The summed E-state index contributed by atoms with van der Waals surface area (Å²) in [5, 5.41) is 0. The average molecular weight is 269 g/mol. The predicted molar refractivity (Wildman–Crippen MR) is 86.6 cm³/mol. The quantitative estimate of drug-likeness (QED) is 0.894. The average Bonchev–Trinajstić information content (AvgIpc) is 2.40. The van der Waals surface area contributed by atoms with Gasteiger partial charge in [-0.1, -0.05) is 32.9 Å². The van der Waals surface area contributed by atoms with Crippen molar-refractivity contribution in [2.24, 2.45) is 0 Å². The van der Waals surface area contributed by atoms with Gasteiger partial charge < -0.3 is 10.6 Å². The fourth-order valence-corrected chi connectivity index (χ4v) is 2.06. The van der Waals surface area contributed by atoms with Gasteiger partial charge in [0.25, 0.3) is 0 Å². The van der Waals surface area contributed by atoms with E-state index in [0.717, 1.165) is 22.9 Å². The molecule has 0 fully saturated rings. The molecule has 2 N–H and O–H groups in total. The molecule has 0 atom stereocenters. The lowest BCUT2D eigenvalue weighted by Crippen LogP contribution is -2.14. The molecule has 0 bridgehead atoms. The summed E-state index contributed by atoms with van der Waals surface area (Å²) in [6.07, 6.45) is 0. The molecular weight excluding hydrogens is 246 g/mol. The first-order valence-corrected chi connectivity index (χ1v) is 6.86. The number of benzene rings is 1. The minimum atomic E-state index is 0.174. The molecule has 3 nitrogen and oxygen atoms in total. The topological polar surface area (TPSA) is 42.2 Å². The zero-order valence-corrected chi connectivity index (χ0v) is 12.9. The highest BCUT2D eigenvalue weighted by molar-refractivity contribution is 5.61. The third-order valence-electron chi connectivity index (χ3n) is 3.58. The van der Waals surface area contributed by atoms with Crippen molar-refractivity contribution in [3.05, 3.63) is 47.7 Å². The molecule has 0 aliphatic heterocycles. The van der Waals surface area contributed by atoms with Gasteiger partial charge in [0.05, 0.1) is 11.4 Å². The fourth-order valence-electron chi connectivity index (χ4n) is 2.06. The molecule has 3 heteroatoms. The van der Waals surface area contributed by atoms with E-state index in [4.69, 9.17) is 5.73 Å². The van der Waals surface area contributed by atoms with Crippen LogP contribution in [0.15, 0.2) is 36.4 Å². The Hall–Kier alpha value is -2.03. The molecule has 2 aromatic rings. The van der Waals surface area contributed by atoms with Crippen molar-refractivity contribution in [1.29, 1.82) is 0 Å². The second-order valence-electron chi connectivity index (χ2n) is 6.20. The smallest absolute Gasteiger partial charge is 0.133 e. The first-order chi connectivity index (χ1) is 9.29. The summed E-state index contributed by atoms with van der Waals surface area (Å²) in [6.45, 7) is 8.58. The maximum atomic E-state index is 5.81. The monoisotopic (exact) mass is 269 g/mol. The van der Waals surface area contributed by atoms with E-state index in [1.807, 2.05) is 26.1 Å². The molecule has 0 aliphatic carbocycles. The molecule has 0 spiro atoms. The summed E-state index contributed by atoms with van der Waals surface area (Å²) in [5.41, 5.74) is 10.0. The molecule has 0 saturated heterocycles. The van der Waals surface area contributed by atoms with E-state index in [9.17, 15) is 0 Å². The Morgan fingerprint density at radius 3 is 2.10 bits per heavy atom. The van der Waals surface area contributed by atoms with E-state index in [2.05, 4.69) is 54.9 Å². The zero-order valence-electron chi connectivity index (χ0n) is 12.9. The number of pyridine rings is 1. The normalized spacial score (nSPS) is 11.4. The van der Waals surface area contributed by atoms with Crippen molar-refractivity contribution in [3.8, 4) is 0 Å². The van der Waals surface area contributed by atoms with Crippen molar-refractivity contribution in [3.63, 3.8) is 0 Å². The standard InChI is InChI=1S/C17H23N3/c1-12-15(18)10-11-16(19-12)20(5)14-8-6-13(7-9-14)17(2,3)4/h6-11H,18H2,1-5H3. The molecule has 1 aromatic heterocycles. The summed E-state index contributed by atoms with van der Waals surface area (Å²) < 4.78 is 0. The second kappa shape index (κ2) is 5.16. The second-order valence-corrected chi connectivity index (χ2v) is 6.20. The van der Waals surface area contributed by atoms with Crippen LogP contribution in [-0.2, 0) is 5.41 Å². The maximum absolute atomic E-state index is 5.81. The third kappa shape index (κ3) is 2.93. The van der Waals surface area contributed by atoms with Crippen molar-refractivity contribution in [2.45, 2.75) is 33.1 Å². The van der Waals surface area contributed by atoms with Gasteiger partial charge in [-0.05, 0) is 42.2 Å². The Kier molecular flexibility index (Phi) is 3.71. The molecule has 1 aromatic carbocycles. The van der Waals surface area contributed by atoms with Gasteiger partial charge in [-0.25, -0.2) is 4.98 Å². The Morgan fingerprint density at radius 1 is 1.00 bits per heavy atom. The summed E-state index contributed by atoms with van der Waals surface area (Å²) in [4.78, 5) is 6.59. The molecule has 0 radical (unpaired) electrons. The summed E-state index contributed by atoms with van der Waals surface area (Å²) >= 11 is 0. The van der Waals surface area contributed by atoms with Crippen LogP contribution in [0.1, 0.15) is 32.0 Å². The lowest BCUT2D eigenvalue weighted by molar-refractivity contribution is 0.590. The molecule has 0 unspecified atom stereocenters. The minimum Gasteiger partial charge on any atom is -0.397 e. The summed E-state index contributed by atoms with van der Waals surface area (Å²) in [7, 11) is 2.02. The van der Waals surface area contributed by atoms with Gasteiger partial charge in [0.15, 0.2) is 0 Å². The number of aryl methyl sites for hydroxylation is 1. The van der Waals surface area contributed by atoms with Gasteiger partial charge >= 0.3 is 0 Å². The summed E-state index contributed by atoms with van der Waals surface area (Å²) in [5.74, 6) is 0.903. The number of nitrogen functional groups attached to an aromatic ring is 1. The largest absolute Gasteiger partial charge is 0.397 e. The van der Waals surface area contributed by atoms with Gasteiger partial charge in [0.2, 0.25) is 0 Å². The van der Waals surface area contributed by atoms with Crippen LogP contribution in [0.25, 0.3) is 0 Å². The molecule has 1 heterocycles. The van der Waals surface area contributed by atoms with Crippen LogP contribution in [0.5, 0.6) is 0 Å². The Balaban J connectivity index is 2.29. The highest BCUT2D eigenvalue weighted by atomic mass is 15.2. The van der Waals surface area contributed by atoms with Crippen molar-refractivity contribution >= 4 is 17.2 Å². The molecule has 106 valence electrons. The number of aromatic nitrogens is 1. The Bertz CT molecular complexity index is 595. The van der Waals surface area contributed by atoms with E-state index in [0.29, 0.717) is 0 Å². The van der Waals surface area contributed by atoms with E-state index in [1.165, 1.54) is 5.56 Å². The number of anilines is 3. The van der Waals surface area contributed by atoms with Gasteiger partial charge in [0, 0.05) is 12.7 Å². The van der Waals surface area contributed by atoms with Crippen molar-refractivity contribution in [2.75, 3.05) is 17.7 Å². The molecule has 0 aliphatic rings. The number of nitrogens with two attached hydrogens (primary N) is 1. The van der Waals surface area contributed by atoms with Crippen LogP contribution < -0.4 is 10.6 Å². The number of rotatable bonds is 2. The Morgan fingerprint density at radius 2 is 1.60 bits per heavy atom. The van der Waals surface area contributed by atoms with Crippen LogP contribution in [0.3, 0.4) is 0 Å². The van der Waals surface area contributed by atoms with Gasteiger partial charge in [-0.3, -0.25) is 0 Å². The number of nitrogens with zero attached hydrogens (tertiary/aromatic N) is 2. The SMILES string of the molecule is Cc1nc(N(C)c2ccc(C(C)(C)C)cc2)ccc1N. The maximum Gasteiger partial charge on any atom is 0.133 e. The predicted octanol–water partition coefficient (Wildman–Crippen LogP) is 4.04. The van der Waals surface area contributed by atoms with E-state index < -0.39 is 0 Å². The van der Waals surface area contributed by atoms with E-state index >= 15 is 0 Å². The lowest BCUT2D eigenvalue weighted by Gasteiger charge is -2.22. The van der Waals surface area contributed by atoms with E-state index in [-0.39, 0.29) is 5.41 Å². The first kappa shape index (κ1) is 14.4. The third-order valence-corrected chi connectivity index (χ3v) is 3.58. The fraction of sp³-hybridized carbons (Fsp3) is 0.353. The van der Waals surface area contributed by atoms with Gasteiger partial charge in [0.1, 0.15) is 5.82 Å². The van der Waals surface area contributed by atoms with Crippen molar-refractivity contribution in [1.82, 2.24) is 4.98 Å². The number of hydrogen-bond acceptors (Lipinski definition) is 3. The van der Waals surface area contributed by atoms with E-state index in [1.54, 1.807) is 0 Å². The molecule has 2 rings (SSSR count). The van der Waals surface area contributed by atoms with Crippen LogP contribution in [0.4, 0.5) is 17.2 Å².